The average Bonchev–Trinajstić information content (AvgIpc) is 3.08. The SMILES string of the molecule is N#Cc1cccnc1NCCOC(=O)c1c[nH]c2cc([N+](=O)[O-])ccc12. The van der Waals surface area contributed by atoms with Crippen molar-refractivity contribution >= 4 is 28.4 Å². The molecule has 3 rings (SSSR count). The number of carbonyl (C=O) groups excluding carboxylic acids is 1. The van der Waals surface area contributed by atoms with E-state index in [1.54, 1.807) is 18.3 Å². The van der Waals surface area contributed by atoms with Gasteiger partial charge in [0.15, 0.2) is 0 Å². The number of ether oxygens (including phenoxy) is 1. The first-order chi connectivity index (χ1) is 12.6. The molecule has 0 saturated heterocycles. The van der Waals surface area contributed by atoms with E-state index in [1.807, 2.05) is 6.07 Å². The zero-order valence-corrected chi connectivity index (χ0v) is 13.4. The molecule has 0 saturated carbocycles. The molecular weight excluding hydrogens is 338 g/mol. The number of fused-ring (bicyclic) bond motifs is 1. The summed E-state index contributed by atoms with van der Waals surface area (Å²) in [6, 6.07) is 9.50. The smallest absolute Gasteiger partial charge is 0.340 e. The van der Waals surface area contributed by atoms with E-state index < -0.39 is 10.9 Å². The summed E-state index contributed by atoms with van der Waals surface area (Å²) in [5, 5.41) is 23.2. The molecule has 0 atom stereocenters. The maximum Gasteiger partial charge on any atom is 0.340 e. The summed E-state index contributed by atoms with van der Waals surface area (Å²) in [5.74, 6) is -0.126. The van der Waals surface area contributed by atoms with Gasteiger partial charge in [-0.15, -0.1) is 0 Å². The Bertz CT molecular complexity index is 1020. The Morgan fingerprint density at radius 2 is 2.27 bits per heavy atom. The number of rotatable bonds is 6. The molecule has 9 nitrogen and oxygen atoms in total. The van der Waals surface area contributed by atoms with Crippen LogP contribution < -0.4 is 5.32 Å². The third kappa shape index (κ3) is 3.44. The number of nitrogens with zero attached hydrogens (tertiary/aromatic N) is 3. The van der Waals surface area contributed by atoms with Gasteiger partial charge in [0.25, 0.3) is 5.69 Å². The van der Waals surface area contributed by atoms with Crippen molar-refractivity contribution in [1.82, 2.24) is 9.97 Å². The second-order valence-electron chi connectivity index (χ2n) is 5.26. The fraction of sp³-hybridized carbons (Fsp3) is 0.118. The molecule has 0 spiro atoms. The largest absolute Gasteiger partial charge is 0.460 e. The number of hydrogen-bond donors (Lipinski definition) is 2. The number of carbonyl (C=O) groups is 1. The van der Waals surface area contributed by atoms with Gasteiger partial charge in [-0.25, -0.2) is 9.78 Å². The standard InChI is InChI=1S/C17H13N5O4/c18-9-11-2-1-5-19-16(11)20-6-7-26-17(23)14-10-21-15-8-12(22(24)25)3-4-13(14)15/h1-5,8,10,21H,6-7H2,(H,19,20). The Balaban J connectivity index is 1.61. The Kier molecular flexibility index (Phi) is 4.76. The molecule has 3 aromatic rings. The van der Waals surface area contributed by atoms with E-state index in [9.17, 15) is 14.9 Å². The third-order valence-electron chi connectivity index (χ3n) is 3.65. The summed E-state index contributed by atoms with van der Waals surface area (Å²) in [4.78, 5) is 29.4. The molecule has 0 aliphatic carbocycles. The Morgan fingerprint density at radius 3 is 3.04 bits per heavy atom. The van der Waals surface area contributed by atoms with Crippen LogP contribution in [0.1, 0.15) is 15.9 Å². The molecule has 0 radical (unpaired) electrons. The predicted octanol–water partition coefficient (Wildman–Crippen LogP) is 2.61. The molecule has 1 aromatic carbocycles. The van der Waals surface area contributed by atoms with E-state index in [1.165, 1.54) is 24.4 Å². The molecule has 0 bridgehead atoms. The fourth-order valence-electron chi connectivity index (χ4n) is 2.42. The second kappa shape index (κ2) is 7.31. The number of anilines is 1. The molecule has 26 heavy (non-hydrogen) atoms. The molecule has 0 amide bonds. The topological polar surface area (TPSA) is 134 Å². The molecule has 0 fully saturated rings. The number of non-ortho nitro benzene ring substituents is 1. The van der Waals surface area contributed by atoms with Crippen molar-refractivity contribution in [2.24, 2.45) is 0 Å². The monoisotopic (exact) mass is 351 g/mol. The molecule has 0 aliphatic rings. The molecule has 130 valence electrons. The quantitative estimate of drug-likeness (QED) is 0.302. The van der Waals surface area contributed by atoms with E-state index in [2.05, 4.69) is 15.3 Å². The van der Waals surface area contributed by atoms with Crippen molar-refractivity contribution in [1.29, 1.82) is 5.26 Å². The lowest BCUT2D eigenvalue weighted by Gasteiger charge is -2.07. The van der Waals surface area contributed by atoms with Gasteiger partial charge in [-0.3, -0.25) is 10.1 Å². The van der Waals surface area contributed by atoms with Gasteiger partial charge in [0.1, 0.15) is 18.5 Å². The van der Waals surface area contributed by atoms with Gasteiger partial charge in [0, 0.05) is 29.9 Å². The van der Waals surface area contributed by atoms with Crippen LogP contribution in [0.25, 0.3) is 10.9 Å². The van der Waals surface area contributed by atoms with Gasteiger partial charge in [0.2, 0.25) is 0 Å². The minimum absolute atomic E-state index is 0.0628. The summed E-state index contributed by atoms with van der Waals surface area (Å²) in [6.45, 7) is 0.352. The van der Waals surface area contributed by atoms with Gasteiger partial charge in [-0.2, -0.15) is 5.26 Å². The number of aromatic amines is 1. The van der Waals surface area contributed by atoms with E-state index in [0.29, 0.717) is 27.8 Å². The van der Waals surface area contributed by atoms with E-state index in [-0.39, 0.29) is 18.8 Å². The number of nitrogens with one attached hydrogen (secondary N) is 2. The van der Waals surface area contributed by atoms with Crippen molar-refractivity contribution in [2.45, 2.75) is 0 Å². The molecule has 9 heteroatoms. The second-order valence-corrected chi connectivity index (χ2v) is 5.26. The number of benzene rings is 1. The summed E-state index contributed by atoms with van der Waals surface area (Å²) < 4.78 is 5.20. The van der Waals surface area contributed by atoms with Crippen LogP contribution in [0.15, 0.2) is 42.7 Å². The number of esters is 1. The molecule has 0 aliphatic heterocycles. The van der Waals surface area contributed by atoms with Crippen LogP contribution in [0, 0.1) is 21.4 Å². The predicted molar refractivity (Wildman–Crippen MR) is 92.7 cm³/mol. The Hall–Kier alpha value is -3.93. The molecule has 2 aromatic heterocycles. The van der Waals surface area contributed by atoms with Crippen molar-refractivity contribution in [3.05, 3.63) is 64.0 Å². The Labute approximate surface area is 147 Å². The summed E-state index contributed by atoms with van der Waals surface area (Å²) in [5.41, 5.74) is 1.12. The van der Waals surface area contributed by atoms with Crippen LogP contribution in [-0.4, -0.2) is 34.0 Å². The average molecular weight is 351 g/mol. The normalized spacial score (nSPS) is 10.3. The molecule has 2 heterocycles. The lowest BCUT2D eigenvalue weighted by atomic mass is 10.1. The van der Waals surface area contributed by atoms with Crippen LogP contribution in [0.5, 0.6) is 0 Å². The number of nitro groups is 1. The number of H-pyrrole nitrogens is 1. The molecule has 0 unspecified atom stereocenters. The van der Waals surface area contributed by atoms with Crippen molar-refractivity contribution in [2.75, 3.05) is 18.5 Å². The Morgan fingerprint density at radius 1 is 1.42 bits per heavy atom. The summed E-state index contributed by atoms with van der Waals surface area (Å²) in [7, 11) is 0. The third-order valence-corrected chi connectivity index (χ3v) is 3.65. The number of nitriles is 1. The highest BCUT2D eigenvalue weighted by Gasteiger charge is 2.16. The maximum absolute atomic E-state index is 12.2. The molecular formula is C17H13N5O4. The zero-order valence-electron chi connectivity index (χ0n) is 13.4. The zero-order chi connectivity index (χ0) is 18.5. The van der Waals surface area contributed by atoms with E-state index in [0.717, 1.165) is 0 Å². The van der Waals surface area contributed by atoms with Crippen LogP contribution in [-0.2, 0) is 4.74 Å². The highest BCUT2D eigenvalue weighted by molar-refractivity contribution is 6.04. The van der Waals surface area contributed by atoms with Gasteiger partial charge in [-0.1, -0.05) is 0 Å². The lowest BCUT2D eigenvalue weighted by molar-refractivity contribution is -0.384. The first kappa shape index (κ1) is 16.9. The first-order valence-corrected chi connectivity index (χ1v) is 7.62. The van der Waals surface area contributed by atoms with Crippen LogP contribution >= 0.6 is 0 Å². The number of pyridine rings is 1. The van der Waals surface area contributed by atoms with Gasteiger partial charge >= 0.3 is 5.97 Å². The van der Waals surface area contributed by atoms with E-state index >= 15 is 0 Å². The van der Waals surface area contributed by atoms with E-state index in [4.69, 9.17) is 10.00 Å². The van der Waals surface area contributed by atoms with Crippen LogP contribution in [0.3, 0.4) is 0 Å². The fourth-order valence-corrected chi connectivity index (χ4v) is 2.42. The summed E-state index contributed by atoms with van der Waals surface area (Å²) >= 11 is 0. The minimum atomic E-state index is -0.548. The van der Waals surface area contributed by atoms with Gasteiger partial charge < -0.3 is 15.0 Å². The summed E-state index contributed by atoms with van der Waals surface area (Å²) in [6.07, 6.45) is 3.01. The van der Waals surface area contributed by atoms with Gasteiger partial charge in [-0.05, 0) is 18.2 Å². The van der Waals surface area contributed by atoms with Crippen LogP contribution in [0.4, 0.5) is 11.5 Å². The van der Waals surface area contributed by atoms with Gasteiger partial charge in [0.05, 0.1) is 28.1 Å². The van der Waals surface area contributed by atoms with Crippen molar-refractivity contribution in [3.8, 4) is 6.07 Å². The van der Waals surface area contributed by atoms with Crippen molar-refractivity contribution in [3.63, 3.8) is 0 Å². The highest BCUT2D eigenvalue weighted by Crippen LogP contribution is 2.23. The number of aromatic nitrogens is 2. The number of nitro benzene ring substituents is 1. The maximum atomic E-state index is 12.2. The lowest BCUT2D eigenvalue weighted by Crippen LogP contribution is -2.15. The molecule has 2 N–H and O–H groups in total. The van der Waals surface area contributed by atoms with Crippen molar-refractivity contribution < 1.29 is 14.5 Å². The minimum Gasteiger partial charge on any atom is -0.460 e. The highest BCUT2D eigenvalue weighted by atomic mass is 16.6. The van der Waals surface area contributed by atoms with Crippen LogP contribution in [0.2, 0.25) is 0 Å². The first-order valence-electron chi connectivity index (χ1n) is 7.62. The number of hydrogen-bond acceptors (Lipinski definition) is 7.